The van der Waals surface area contributed by atoms with Crippen LogP contribution in [0, 0.1) is 5.82 Å². The van der Waals surface area contributed by atoms with E-state index in [1.54, 1.807) is 54.6 Å². The Morgan fingerprint density at radius 3 is 2.47 bits per heavy atom. The van der Waals surface area contributed by atoms with Crippen molar-refractivity contribution in [3.63, 3.8) is 0 Å². The molecule has 0 aliphatic rings. The highest BCUT2D eigenvalue weighted by atomic mass is 32.2. The maximum atomic E-state index is 14.0. The smallest absolute Gasteiger partial charge is 0.270 e. The first kappa shape index (κ1) is 26.9. The summed E-state index contributed by atoms with van der Waals surface area (Å²) in [5, 5.41) is 20.0. The topological polar surface area (TPSA) is 126 Å². The highest BCUT2D eigenvalue weighted by Crippen LogP contribution is 2.36. The van der Waals surface area contributed by atoms with Gasteiger partial charge in [-0.1, -0.05) is 12.1 Å². The second kappa shape index (κ2) is 11.1. The average molecular weight is 542 g/mol. The number of aliphatic hydroxyl groups excluding tert-OH is 1. The van der Waals surface area contributed by atoms with Gasteiger partial charge in [0, 0.05) is 31.3 Å². The van der Waals surface area contributed by atoms with Gasteiger partial charge in [0.2, 0.25) is 10.0 Å². The van der Waals surface area contributed by atoms with E-state index in [0.717, 1.165) is 10.6 Å². The lowest BCUT2D eigenvalue weighted by atomic mass is 10.1. The van der Waals surface area contributed by atoms with Gasteiger partial charge in [-0.25, -0.2) is 17.5 Å². The van der Waals surface area contributed by atoms with Crippen LogP contribution in [0.1, 0.15) is 16.9 Å². The molecule has 0 bridgehead atoms. The third-order valence-corrected chi connectivity index (χ3v) is 7.05. The number of carbonyl (C=O) groups excluding carboxylic acids is 1. The number of halogens is 1. The molecule has 3 N–H and O–H groups in total. The number of benzene rings is 3. The SMILES string of the molecule is CNC(=O)c1c2cc(OC)c(N(CCCO)S(C)(=O)=O)cc2nn1-c1ccc(Nc2ccccc2F)cc1. The van der Waals surface area contributed by atoms with Gasteiger partial charge in [0.1, 0.15) is 17.3 Å². The van der Waals surface area contributed by atoms with Crippen LogP contribution in [0.15, 0.2) is 60.7 Å². The lowest BCUT2D eigenvalue weighted by Crippen LogP contribution is -2.31. The maximum Gasteiger partial charge on any atom is 0.270 e. The van der Waals surface area contributed by atoms with Crippen molar-refractivity contribution in [3.05, 3.63) is 72.2 Å². The van der Waals surface area contributed by atoms with E-state index in [0.29, 0.717) is 28.0 Å². The summed E-state index contributed by atoms with van der Waals surface area (Å²) in [6.07, 6.45) is 1.29. The van der Waals surface area contributed by atoms with Crippen molar-refractivity contribution in [3.8, 4) is 11.4 Å². The molecule has 0 radical (unpaired) electrons. The number of sulfonamides is 1. The summed E-state index contributed by atoms with van der Waals surface area (Å²) in [6, 6.07) is 16.3. The molecule has 0 atom stereocenters. The van der Waals surface area contributed by atoms with Gasteiger partial charge >= 0.3 is 0 Å². The van der Waals surface area contributed by atoms with Gasteiger partial charge in [0.05, 0.1) is 35.9 Å². The zero-order valence-corrected chi connectivity index (χ0v) is 21.9. The molecule has 0 aliphatic heterocycles. The molecule has 4 aromatic rings. The number of hydrogen-bond acceptors (Lipinski definition) is 7. The van der Waals surface area contributed by atoms with Crippen LogP contribution in [0.25, 0.3) is 16.6 Å². The van der Waals surface area contributed by atoms with Crippen molar-refractivity contribution >= 4 is 43.9 Å². The Morgan fingerprint density at radius 2 is 1.87 bits per heavy atom. The first-order valence-corrected chi connectivity index (χ1v) is 13.6. The third kappa shape index (κ3) is 5.41. The monoisotopic (exact) mass is 541 g/mol. The van der Waals surface area contributed by atoms with Crippen molar-refractivity contribution < 1.29 is 27.4 Å². The van der Waals surface area contributed by atoms with Crippen LogP contribution in [0.2, 0.25) is 0 Å². The second-order valence-corrected chi connectivity index (χ2v) is 10.4. The zero-order chi connectivity index (χ0) is 27.4. The number of methoxy groups -OCH3 is 1. The van der Waals surface area contributed by atoms with Gasteiger partial charge in [-0.2, -0.15) is 5.10 Å². The quantitative estimate of drug-likeness (QED) is 0.281. The van der Waals surface area contributed by atoms with Gasteiger partial charge in [-0.3, -0.25) is 9.10 Å². The first-order valence-electron chi connectivity index (χ1n) is 11.7. The van der Waals surface area contributed by atoms with Crippen LogP contribution in [-0.4, -0.2) is 62.8 Å². The van der Waals surface area contributed by atoms with E-state index in [4.69, 9.17) is 4.74 Å². The normalized spacial score (nSPS) is 11.4. The molecule has 0 saturated heterocycles. The average Bonchev–Trinajstić information content (AvgIpc) is 3.27. The highest BCUT2D eigenvalue weighted by Gasteiger charge is 2.26. The molecule has 4 rings (SSSR count). The summed E-state index contributed by atoms with van der Waals surface area (Å²) in [5.74, 6) is -0.560. The lowest BCUT2D eigenvalue weighted by Gasteiger charge is -2.24. The second-order valence-electron chi connectivity index (χ2n) is 8.44. The Balaban J connectivity index is 1.82. The lowest BCUT2D eigenvalue weighted by molar-refractivity contribution is 0.0957. The van der Waals surface area contributed by atoms with E-state index in [2.05, 4.69) is 15.7 Å². The Labute approximate surface area is 219 Å². The standard InChI is InChI=1S/C26H28FN5O5S/c1-28-26(34)25-19-15-24(37-2)23(31(13-6-14-33)38(3,35)36)16-22(19)30-32(25)18-11-9-17(10-12-18)29-21-8-5-4-7-20(21)27/h4-5,7-12,15-16,29,33H,6,13-14H2,1-3H3,(H,28,34). The summed E-state index contributed by atoms with van der Waals surface area (Å²) < 4.78 is 47.2. The predicted molar refractivity (Wildman–Crippen MR) is 145 cm³/mol. The number of ether oxygens (including phenoxy) is 1. The van der Waals surface area contributed by atoms with Crippen LogP contribution in [0.3, 0.4) is 0 Å². The number of fused-ring (bicyclic) bond motifs is 1. The van der Waals surface area contributed by atoms with Crippen molar-refractivity contribution in [2.24, 2.45) is 0 Å². The fraction of sp³-hybridized carbons (Fsp3) is 0.231. The Bertz CT molecular complexity index is 1570. The number of aliphatic hydroxyl groups is 1. The van der Waals surface area contributed by atoms with E-state index < -0.39 is 15.9 Å². The fourth-order valence-electron chi connectivity index (χ4n) is 4.07. The molecule has 1 amide bonds. The maximum absolute atomic E-state index is 14.0. The molecule has 0 spiro atoms. The minimum atomic E-state index is -3.71. The first-order chi connectivity index (χ1) is 18.2. The predicted octanol–water partition coefficient (Wildman–Crippen LogP) is 3.42. The number of para-hydroxylation sites is 1. The Hall–Kier alpha value is -4.16. The van der Waals surface area contributed by atoms with Crippen molar-refractivity contribution in [1.82, 2.24) is 15.1 Å². The van der Waals surface area contributed by atoms with Gasteiger partial charge in [0.15, 0.2) is 0 Å². The number of hydrogen-bond donors (Lipinski definition) is 3. The van der Waals surface area contributed by atoms with Crippen LogP contribution < -0.4 is 19.7 Å². The third-order valence-electron chi connectivity index (χ3n) is 5.87. The van der Waals surface area contributed by atoms with E-state index >= 15 is 0 Å². The zero-order valence-electron chi connectivity index (χ0n) is 21.1. The number of aromatic nitrogens is 2. The number of nitrogens with zero attached hydrogens (tertiary/aromatic N) is 3. The van der Waals surface area contributed by atoms with Gasteiger partial charge in [-0.15, -0.1) is 0 Å². The molecule has 0 unspecified atom stereocenters. The summed E-state index contributed by atoms with van der Waals surface area (Å²) in [4.78, 5) is 12.9. The van der Waals surface area contributed by atoms with E-state index in [-0.39, 0.29) is 42.5 Å². The largest absolute Gasteiger partial charge is 0.495 e. The summed E-state index contributed by atoms with van der Waals surface area (Å²) in [7, 11) is -0.803. The molecule has 0 saturated carbocycles. The summed E-state index contributed by atoms with van der Waals surface area (Å²) >= 11 is 0. The molecule has 1 heterocycles. The molecule has 38 heavy (non-hydrogen) atoms. The fourth-order valence-corrected chi connectivity index (χ4v) is 5.03. The Kier molecular flexibility index (Phi) is 7.83. The molecule has 1 aromatic heterocycles. The number of carbonyl (C=O) groups is 1. The molecule has 3 aromatic carbocycles. The molecular weight excluding hydrogens is 513 g/mol. The van der Waals surface area contributed by atoms with E-state index in [1.165, 1.54) is 24.9 Å². The number of rotatable bonds is 10. The van der Waals surface area contributed by atoms with Crippen molar-refractivity contribution in [2.75, 3.05) is 43.2 Å². The van der Waals surface area contributed by atoms with E-state index in [9.17, 15) is 22.7 Å². The molecular formula is C26H28FN5O5S. The molecule has 0 fully saturated rings. The minimum Gasteiger partial charge on any atom is -0.495 e. The number of anilines is 3. The van der Waals surface area contributed by atoms with Crippen molar-refractivity contribution in [1.29, 1.82) is 0 Å². The molecule has 10 nitrogen and oxygen atoms in total. The summed E-state index contributed by atoms with van der Waals surface area (Å²) in [5.41, 5.74) is 2.35. The highest BCUT2D eigenvalue weighted by molar-refractivity contribution is 7.92. The molecule has 200 valence electrons. The number of amides is 1. The van der Waals surface area contributed by atoms with Gasteiger partial charge in [-0.05, 0) is 55.0 Å². The van der Waals surface area contributed by atoms with Crippen molar-refractivity contribution in [2.45, 2.75) is 6.42 Å². The number of nitrogens with one attached hydrogen (secondary N) is 2. The van der Waals surface area contributed by atoms with E-state index in [1.807, 2.05) is 0 Å². The van der Waals surface area contributed by atoms with Gasteiger partial charge in [0.25, 0.3) is 5.91 Å². The summed E-state index contributed by atoms with van der Waals surface area (Å²) in [6.45, 7) is -0.148. The van der Waals surface area contributed by atoms with Crippen LogP contribution in [-0.2, 0) is 10.0 Å². The van der Waals surface area contributed by atoms with Crippen LogP contribution >= 0.6 is 0 Å². The minimum absolute atomic E-state index is 0.0384. The Morgan fingerprint density at radius 1 is 1.16 bits per heavy atom. The molecule has 0 aliphatic carbocycles. The van der Waals surface area contributed by atoms with Crippen LogP contribution in [0.4, 0.5) is 21.5 Å². The van der Waals surface area contributed by atoms with Crippen LogP contribution in [0.5, 0.6) is 5.75 Å². The molecule has 12 heteroatoms. The van der Waals surface area contributed by atoms with Gasteiger partial charge < -0.3 is 20.5 Å².